The van der Waals surface area contributed by atoms with Crippen molar-refractivity contribution >= 4 is 45.1 Å². The summed E-state index contributed by atoms with van der Waals surface area (Å²) in [5.74, 6) is -0.700. The smallest absolute Gasteiger partial charge is 0.231 e. The van der Waals surface area contributed by atoms with Crippen LogP contribution in [-0.4, -0.2) is 46.0 Å². The average Bonchev–Trinajstić information content (AvgIpc) is 3.13. The van der Waals surface area contributed by atoms with E-state index in [1.54, 1.807) is 4.90 Å². The number of hydrogen-bond donors (Lipinski definition) is 2. The van der Waals surface area contributed by atoms with Crippen LogP contribution in [0.3, 0.4) is 0 Å². The van der Waals surface area contributed by atoms with Gasteiger partial charge < -0.3 is 16.0 Å². The van der Waals surface area contributed by atoms with Gasteiger partial charge in [-0.3, -0.25) is 9.59 Å². The first kappa shape index (κ1) is 20.9. The van der Waals surface area contributed by atoms with Gasteiger partial charge in [0.1, 0.15) is 5.82 Å². The lowest BCUT2D eigenvalue weighted by atomic mass is 9.79. The minimum atomic E-state index is -0.671. The molecule has 0 atom stereocenters. The Hall–Kier alpha value is -2.82. The fourth-order valence-electron chi connectivity index (χ4n) is 2.99. The maximum Gasteiger partial charge on any atom is 0.231 e. The molecule has 2 amide bonds. The third-order valence-corrected chi connectivity index (χ3v) is 5.58. The first-order valence-electron chi connectivity index (χ1n) is 8.89. The van der Waals surface area contributed by atoms with E-state index in [1.165, 1.54) is 25.1 Å². The number of anilines is 1. The Bertz CT molecular complexity index is 968. The predicted molar refractivity (Wildman–Crippen MR) is 107 cm³/mol. The van der Waals surface area contributed by atoms with Gasteiger partial charge in [-0.25, -0.2) is 14.0 Å². The Kier molecular flexibility index (Phi) is 5.96. The van der Waals surface area contributed by atoms with Crippen molar-refractivity contribution in [2.45, 2.75) is 26.7 Å². The number of aliphatic imine (C=N–C) groups is 1. The van der Waals surface area contributed by atoms with Gasteiger partial charge in [-0.05, 0) is 57.3 Å². The molecule has 11 heteroatoms. The normalized spacial score (nSPS) is 16.6. The third-order valence-electron chi connectivity index (χ3n) is 4.98. The highest BCUT2D eigenvalue weighted by atomic mass is 79.9. The van der Waals surface area contributed by atoms with Gasteiger partial charge in [-0.2, -0.15) is 0 Å². The number of nitrogens with one attached hydrogen (secondary N) is 1. The van der Waals surface area contributed by atoms with Crippen LogP contribution in [0.15, 0.2) is 32.3 Å². The third kappa shape index (κ3) is 4.61. The van der Waals surface area contributed by atoms with Crippen molar-refractivity contribution in [3.8, 4) is 0 Å². The van der Waals surface area contributed by atoms with Crippen LogP contribution in [0.2, 0.25) is 0 Å². The second kappa shape index (κ2) is 8.27. The molecule has 1 aromatic carbocycles. The van der Waals surface area contributed by atoms with Crippen molar-refractivity contribution in [3.63, 3.8) is 0 Å². The number of benzene rings is 1. The van der Waals surface area contributed by atoms with Crippen LogP contribution >= 0.6 is 15.9 Å². The summed E-state index contributed by atoms with van der Waals surface area (Å²) in [7, 11) is 0. The van der Waals surface area contributed by atoms with E-state index >= 15 is 0 Å². The van der Waals surface area contributed by atoms with Crippen molar-refractivity contribution in [1.82, 2.24) is 15.2 Å². The molecule has 1 aliphatic heterocycles. The van der Waals surface area contributed by atoms with Crippen LogP contribution in [-0.2, 0) is 9.59 Å². The molecule has 0 unspecified atom stereocenters. The van der Waals surface area contributed by atoms with Gasteiger partial charge in [-0.1, -0.05) is 6.92 Å². The first-order chi connectivity index (χ1) is 13.7. The Morgan fingerprint density at radius 2 is 2.03 bits per heavy atom. The lowest BCUT2D eigenvalue weighted by molar-refractivity contribution is -0.135. The van der Waals surface area contributed by atoms with Crippen molar-refractivity contribution in [2.24, 2.45) is 16.1 Å². The molecule has 9 nitrogen and oxygen atoms in total. The summed E-state index contributed by atoms with van der Waals surface area (Å²) in [5, 5.41) is 10.1. The number of amidine groups is 1. The fraction of sp³-hybridized carbons (Fsp3) is 0.389. The molecule has 3 N–H and O–H groups in total. The second-order valence-electron chi connectivity index (χ2n) is 7.08. The van der Waals surface area contributed by atoms with Crippen LogP contribution in [0.25, 0.3) is 0 Å². The molecule has 0 radical (unpaired) electrons. The van der Waals surface area contributed by atoms with E-state index in [4.69, 9.17) is 10.4 Å². The summed E-state index contributed by atoms with van der Waals surface area (Å²) in [6.45, 7) is 4.36. The largest absolute Gasteiger partial charge is 0.382 e. The summed E-state index contributed by atoms with van der Waals surface area (Å²) in [4.78, 5) is 30.2. The number of carbonyl (C=O) groups is 2. The quantitative estimate of drug-likeness (QED) is 0.526. The second-order valence-corrected chi connectivity index (χ2v) is 7.93. The fourth-order valence-corrected chi connectivity index (χ4v) is 3.35. The van der Waals surface area contributed by atoms with Gasteiger partial charge in [0, 0.05) is 20.0 Å². The summed E-state index contributed by atoms with van der Waals surface area (Å²) in [6.07, 6.45) is 1.04. The number of carbonyl (C=O) groups excluding carboxylic acids is 2. The van der Waals surface area contributed by atoms with Gasteiger partial charge in [-0.15, -0.1) is 0 Å². The Morgan fingerprint density at radius 3 is 2.66 bits per heavy atom. The Morgan fingerprint density at radius 1 is 1.34 bits per heavy atom. The molecule has 0 bridgehead atoms. The molecular formula is C18H20BrFN6O3. The average molecular weight is 467 g/mol. The summed E-state index contributed by atoms with van der Waals surface area (Å²) in [5.41, 5.74) is 5.77. The molecule has 154 valence electrons. The summed E-state index contributed by atoms with van der Waals surface area (Å²) < 4.78 is 18.3. The number of nitrogens with zero attached hydrogens (tertiary/aromatic N) is 4. The van der Waals surface area contributed by atoms with Crippen molar-refractivity contribution in [1.29, 1.82) is 0 Å². The maximum absolute atomic E-state index is 13.4. The van der Waals surface area contributed by atoms with Gasteiger partial charge in [0.25, 0.3) is 0 Å². The molecule has 29 heavy (non-hydrogen) atoms. The van der Waals surface area contributed by atoms with Crippen LogP contribution < -0.4 is 11.1 Å². The Balaban J connectivity index is 1.74. The van der Waals surface area contributed by atoms with Crippen LogP contribution in [0.5, 0.6) is 0 Å². The van der Waals surface area contributed by atoms with E-state index in [-0.39, 0.29) is 33.6 Å². The van der Waals surface area contributed by atoms with Gasteiger partial charge in [0.05, 0.1) is 15.6 Å². The van der Waals surface area contributed by atoms with Gasteiger partial charge in [0.2, 0.25) is 17.6 Å². The number of rotatable bonds is 4. The van der Waals surface area contributed by atoms with E-state index in [1.807, 2.05) is 6.92 Å². The topological polar surface area (TPSA) is 127 Å². The van der Waals surface area contributed by atoms with E-state index in [9.17, 15) is 14.0 Å². The van der Waals surface area contributed by atoms with Crippen molar-refractivity contribution in [2.75, 3.05) is 18.4 Å². The lowest BCUT2D eigenvalue weighted by Gasteiger charge is -2.37. The standard InChI is InChI=1S/C18H20BrFN6O3/c1-10(27)26-7-5-18(2,6-8-26)17(28)23-16-14(24-29-25-16)15(21)22-11-3-4-13(20)12(19)9-11/h3-4,9H,5-8H2,1-2H3,(H2,21,22)(H,23,25,28). The van der Waals surface area contributed by atoms with E-state index < -0.39 is 11.2 Å². The Labute approximate surface area is 174 Å². The number of amides is 2. The number of nitrogens with two attached hydrogens (primary N) is 1. The molecule has 1 saturated heterocycles. The SMILES string of the molecule is CC(=O)N1CCC(C)(C(=O)Nc2nonc2C(N)=Nc2ccc(F)c(Br)c2)CC1. The van der Waals surface area contributed by atoms with E-state index in [0.717, 1.165) is 0 Å². The molecule has 0 aliphatic carbocycles. The highest BCUT2D eigenvalue weighted by Crippen LogP contribution is 2.32. The van der Waals surface area contributed by atoms with Crippen LogP contribution in [0, 0.1) is 11.2 Å². The van der Waals surface area contributed by atoms with Crippen LogP contribution in [0.4, 0.5) is 15.9 Å². The zero-order valence-corrected chi connectivity index (χ0v) is 17.5. The molecule has 2 heterocycles. The van der Waals surface area contributed by atoms with Crippen LogP contribution in [0.1, 0.15) is 32.4 Å². The van der Waals surface area contributed by atoms with E-state index in [2.05, 4.69) is 36.6 Å². The van der Waals surface area contributed by atoms with Gasteiger partial charge in [0.15, 0.2) is 11.5 Å². The van der Waals surface area contributed by atoms with Gasteiger partial charge >= 0.3 is 0 Å². The molecule has 0 spiro atoms. The number of aromatic nitrogens is 2. The zero-order valence-electron chi connectivity index (χ0n) is 15.9. The monoisotopic (exact) mass is 466 g/mol. The highest BCUT2D eigenvalue weighted by molar-refractivity contribution is 9.10. The molecule has 0 saturated carbocycles. The molecule has 1 aliphatic rings. The summed E-state index contributed by atoms with van der Waals surface area (Å²) >= 11 is 3.08. The minimum absolute atomic E-state index is 0.00754. The lowest BCUT2D eigenvalue weighted by Crippen LogP contribution is -2.46. The van der Waals surface area contributed by atoms with E-state index in [0.29, 0.717) is 31.6 Å². The summed E-state index contributed by atoms with van der Waals surface area (Å²) in [6, 6.07) is 4.15. The highest BCUT2D eigenvalue weighted by Gasteiger charge is 2.38. The molecule has 1 fully saturated rings. The maximum atomic E-state index is 13.4. The predicted octanol–water partition coefficient (Wildman–Crippen LogP) is 2.60. The number of halogens is 2. The van der Waals surface area contributed by atoms with Crippen molar-refractivity contribution < 1.29 is 18.6 Å². The number of hydrogen-bond acceptors (Lipinski definition) is 6. The number of piperidine rings is 1. The zero-order chi connectivity index (χ0) is 21.2. The molecule has 3 rings (SSSR count). The molecule has 2 aromatic rings. The molecular weight excluding hydrogens is 447 g/mol. The molecule has 1 aromatic heterocycles. The number of likely N-dealkylation sites (tertiary alicyclic amines) is 1. The minimum Gasteiger partial charge on any atom is -0.382 e. The first-order valence-corrected chi connectivity index (χ1v) is 9.68. The van der Waals surface area contributed by atoms with Crippen molar-refractivity contribution in [3.05, 3.63) is 34.2 Å².